The molecule has 0 amide bonds. The molecule has 8 nitrogen and oxygen atoms in total. The number of para-hydroxylation sites is 3. The van der Waals surface area contributed by atoms with Crippen LogP contribution in [0.4, 0.5) is 17.6 Å². The standard InChI is InChI=1S/C20H18N6O2/c1-27-15-9-3-2-8-14(15)23-20-25-17(24-19(21)26-20)12-28-16-10-4-6-13-7-5-11-22-18(13)16/h2-11H,12H2,1H3,(H3,21,23,24,25,26). The van der Waals surface area contributed by atoms with E-state index in [-0.39, 0.29) is 12.6 Å². The van der Waals surface area contributed by atoms with Crippen molar-refractivity contribution in [2.45, 2.75) is 6.61 Å². The van der Waals surface area contributed by atoms with Crippen molar-refractivity contribution < 1.29 is 9.47 Å². The third-order valence-corrected chi connectivity index (χ3v) is 4.00. The quantitative estimate of drug-likeness (QED) is 0.529. The van der Waals surface area contributed by atoms with Gasteiger partial charge in [0.15, 0.2) is 5.82 Å². The Morgan fingerprint density at radius 2 is 1.75 bits per heavy atom. The molecule has 0 fully saturated rings. The molecule has 0 aliphatic carbocycles. The van der Waals surface area contributed by atoms with Crippen LogP contribution in [0.25, 0.3) is 10.9 Å². The highest BCUT2D eigenvalue weighted by atomic mass is 16.5. The van der Waals surface area contributed by atoms with Crippen molar-refractivity contribution in [3.05, 3.63) is 66.6 Å². The molecular weight excluding hydrogens is 356 g/mol. The van der Waals surface area contributed by atoms with Crippen molar-refractivity contribution >= 4 is 28.5 Å². The minimum absolute atomic E-state index is 0.0991. The molecule has 2 aromatic carbocycles. The van der Waals surface area contributed by atoms with Crippen LogP contribution in [-0.2, 0) is 6.61 Å². The van der Waals surface area contributed by atoms with Crippen LogP contribution < -0.4 is 20.5 Å². The highest BCUT2D eigenvalue weighted by molar-refractivity contribution is 5.84. The van der Waals surface area contributed by atoms with Gasteiger partial charge in [0.05, 0.1) is 12.8 Å². The molecule has 8 heteroatoms. The van der Waals surface area contributed by atoms with Gasteiger partial charge in [0, 0.05) is 11.6 Å². The summed E-state index contributed by atoms with van der Waals surface area (Å²) in [5.41, 5.74) is 7.34. The first kappa shape index (κ1) is 17.5. The van der Waals surface area contributed by atoms with Crippen molar-refractivity contribution in [1.82, 2.24) is 19.9 Å². The van der Waals surface area contributed by atoms with E-state index in [0.717, 1.165) is 16.6 Å². The number of nitrogens with one attached hydrogen (secondary N) is 1. The summed E-state index contributed by atoms with van der Waals surface area (Å²) in [6, 6.07) is 17.1. The van der Waals surface area contributed by atoms with Gasteiger partial charge in [-0.15, -0.1) is 0 Å². The van der Waals surface area contributed by atoms with Crippen molar-refractivity contribution in [2.75, 3.05) is 18.2 Å². The first-order chi connectivity index (χ1) is 13.7. The molecule has 0 aliphatic rings. The number of anilines is 3. The number of ether oxygens (including phenoxy) is 2. The largest absolute Gasteiger partial charge is 0.495 e. The summed E-state index contributed by atoms with van der Waals surface area (Å²) in [5.74, 6) is 2.13. The smallest absolute Gasteiger partial charge is 0.232 e. The number of aromatic nitrogens is 4. The molecule has 0 unspecified atom stereocenters. The second-order valence-electron chi connectivity index (χ2n) is 5.88. The monoisotopic (exact) mass is 374 g/mol. The van der Waals surface area contributed by atoms with Crippen LogP contribution in [0.3, 0.4) is 0 Å². The van der Waals surface area contributed by atoms with E-state index in [1.165, 1.54) is 0 Å². The van der Waals surface area contributed by atoms with Crippen LogP contribution in [0.2, 0.25) is 0 Å². The summed E-state index contributed by atoms with van der Waals surface area (Å²) < 4.78 is 11.2. The minimum atomic E-state index is 0.0991. The second kappa shape index (κ2) is 7.75. The van der Waals surface area contributed by atoms with E-state index >= 15 is 0 Å². The maximum atomic E-state index is 5.89. The molecule has 0 radical (unpaired) electrons. The Hall–Kier alpha value is -3.94. The maximum absolute atomic E-state index is 5.89. The van der Waals surface area contributed by atoms with Crippen LogP contribution in [0.5, 0.6) is 11.5 Å². The van der Waals surface area contributed by atoms with Gasteiger partial charge in [0.1, 0.15) is 23.6 Å². The van der Waals surface area contributed by atoms with Crippen LogP contribution in [0.15, 0.2) is 60.8 Å². The number of hydrogen-bond acceptors (Lipinski definition) is 8. The molecule has 3 N–H and O–H groups in total. The van der Waals surface area contributed by atoms with Crippen molar-refractivity contribution in [1.29, 1.82) is 0 Å². The zero-order valence-electron chi connectivity index (χ0n) is 15.2. The molecular formula is C20H18N6O2. The number of fused-ring (bicyclic) bond motifs is 1. The lowest BCUT2D eigenvalue weighted by Crippen LogP contribution is -2.10. The van der Waals surface area contributed by atoms with E-state index in [4.69, 9.17) is 15.2 Å². The Kier molecular flexibility index (Phi) is 4.83. The Morgan fingerprint density at radius 3 is 2.64 bits per heavy atom. The average Bonchev–Trinajstić information content (AvgIpc) is 2.72. The fourth-order valence-corrected chi connectivity index (χ4v) is 2.76. The van der Waals surface area contributed by atoms with Gasteiger partial charge >= 0.3 is 0 Å². The molecule has 140 valence electrons. The molecule has 0 atom stereocenters. The molecule has 0 saturated heterocycles. The van der Waals surface area contributed by atoms with Crippen LogP contribution >= 0.6 is 0 Å². The van der Waals surface area contributed by atoms with Gasteiger partial charge < -0.3 is 20.5 Å². The van der Waals surface area contributed by atoms with Crippen molar-refractivity contribution in [3.63, 3.8) is 0 Å². The first-order valence-corrected chi connectivity index (χ1v) is 8.60. The lowest BCUT2D eigenvalue weighted by Gasteiger charge is -2.11. The number of hydrogen-bond donors (Lipinski definition) is 2. The zero-order chi connectivity index (χ0) is 19.3. The predicted octanol–water partition coefficient (Wildman–Crippen LogP) is 3.33. The van der Waals surface area contributed by atoms with Crippen molar-refractivity contribution in [2.24, 2.45) is 0 Å². The van der Waals surface area contributed by atoms with Gasteiger partial charge in [-0.3, -0.25) is 4.98 Å². The van der Waals surface area contributed by atoms with Gasteiger partial charge in [-0.2, -0.15) is 15.0 Å². The summed E-state index contributed by atoms with van der Waals surface area (Å²) in [5, 5.41) is 4.09. The molecule has 4 aromatic rings. The third-order valence-electron chi connectivity index (χ3n) is 4.00. The molecule has 0 saturated carbocycles. The van der Waals surface area contributed by atoms with Crippen LogP contribution in [-0.4, -0.2) is 27.0 Å². The third kappa shape index (κ3) is 3.75. The Labute approximate surface area is 161 Å². The highest BCUT2D eigenvalue weighted by Gasteiger charge is 2.10. The first-order valence-electron chi connectivity index (χ1n) is 8.60. The lowest BCUT2D eigenvalue weighted by molar-refractivity contribution is 0.299. The van der Waals surface area contributed by atoms with E-state index in [1.807, 2.05) is 54.6 Å². The van der Waals surface area contributed by atoms with E-state index in [9.17, 15) is 0 Å². The number of benzene rings is 2. The number of methoxy groups -OCH3 is 1. The zero-order valence-corrected chi connectivity index (χ0v) is 15.2. The molecule has 2 heterocycles. The number of nitrogen functional groups attached to an aromatic ring is 1. The Morgan fingerprint density at radius 1 is 0.929 bits per heavy atom. The van der Waals surface area contributed by atoms with Gasteiger partial charge in [0.2, 0.25) is 11.9 Å². The van der Waals surface area contributed by atoms with E-state index in [2.05, 4.69) is 25.3 Å². The van der Waals surface area contributed by atoms with Gasteiger partial charge in [-0.05, 0) is 24.3 Å². The predicted molar refractivity (Wildman–Crippen MR) is 107 cm³/mol. The average molecular weight is 374 g/mol. The Bertz CT molecular complexity index is 1110. The second-order valence-corrected chi connectivity index (χ2v) is 5.88. The Balaban J connectivity index is 1.55. The van der Waals surface area contributed by atoms with Gasteiger partial charge in [-0.25, -0.2) is 0 Å². The maximum Gasteiger partial charge on any atom is 0.232 e. The highest BCUT2D eigenvalue weighted by Crippen LogP contribution is 2.26. The number of rotatable bonds is 6. The summed E-state index contributed by atoms with van der Waals surface area (Å²) in [7, 11) is 1.60. The molecule has 4 rings (SSSR count). The van der Waals surface area contributed by atoms with Crippen LogP contribution in [0, 0.1) is 0 Å². The summed E-state index contributed by atoms with van der Waals surface area (Å²) in [6.07, 6.45) is 1.73. The molecule has 0 bridgehead atoms. The minimum Gasteiger partial charge on any atom is -0.495 e. The van der Waals surface area contributed by atoms with Gasteiger partial charge in [-0.1, -0.05) is 30.3 Å². The normalized spacial score (nSPS) is 10.6. The fraction of sp³-hybridized carbons (Fsp3) is 0.100. The SMILES string of the molecule is COc1ccccc1Nc1nc(N)nc(COc2cccc3cccnc23)n1. The fourth-order valence-electron chi connectivity index (χ4n) is 2.76. The van der Waals surface area contributed by atoms with E-state index in [1.54, 1.807) is 13.3 Å². The van der Waals surface area contributed by atoms with Crippen molar-refractivity contribution in [3.8, 4) is 11.5 Å². The molecule has 28 heavy (non-hydrogen) atoms. The summed E-state index contributed by atoms with van der Waals surface area (Å²) in [4.78, 5) is 17.0. The molecule has 0 spiro atoms. The lowest BCUT2D eigenvalue weighted by atomic mass is 10.2. The van der Waals surface area contributed by atoms with E-state index in [0.29, 0.717) is 23.3 Å². The molecule has 0 aliphatic heterocycles. The number of nitrogens with two attached hydrogens (primary N) is 1. The van der Waals surface area contributed by atoms with E-state index < -0.39 is 0 Å². The topological polar surface area (TPSA) is 108 Å². The summed E-state index contributed by atoms with van der Waals surface area (Å²) in [6.45, 7) is 0.128. The molecule has 2 aromatic heterocycles. The van der Waals surface area contributed by atoms with Crippen LogP contribution in [0.1, 0.15) is 5.82 Å². The summed E-state index contributed by atoms with van der Waals surface area (Å²) >= 11 is 0. The van der Waals surface area contributed by atoms with Gasteiger partial charge in [0.25, 0.3) is 0 Å². The number of nitrogens with zero attached hydrogens (tertiary/aromatic N) is 4. The number of pyridine rings is 1.